The summed E-state index contributed by atoms with van der Waals surface area (Å²) >= 11 is 7.84. The first kappa shape index (κ1) is 18.5. The molecule has 0 amide bonds. The molecule has 0 spiro atoms. The van der Waals surface area contributed by atoms with Crippen molar-refractivity contribution in [3.8, 4) is 5.69 Å². The Labute approximate surface area is 167 Å². The van der Waals surface area contributed by atoms with Gasteiger partial charge in [0, 0.05) is 29.0 Å². The van der Waals surface area contributed by atoms with Crippen LogP contribution < -0.4 is 10.9 Å². The molecule has 7 heteroatoms. The van der Waals surface area contributed by atoms with E-state index in [1.165, 1.54) is 4.88 Å². The molecular weight excluding hydrogens is 380 g/mol. The molecule has 0 saturated carbocycles. The fourth-order valence-electron chi connectivity index (χ4n) is 3.44. The van der Waals surface area contributed by atoms with Crippen LogP contribution in [0.3, 0.4) is 0 Å². The molecular formula is C20H23ClN4OS. The maximum Gasteiger partial charge on any atom is 0.268 e. The smallest absolute Gasteiger partial charge is 0.268 e. The molecule has 1 N–H and O–H groups in total. The Balaban J connectivity index is 1.99. The van der Waals surface area contributed by atoms with E-state index in [0.29, 0.717) is 11.0 Å². The van der Waals surface area contributed by atoms with Crippen LogP contribution in [-0.2, 0) is 13.0 Å². The van der Waals surface area contributed by atoms with Crippen LogP contribution in [-0.4, -0.2) is 34.1 Å². The second-order valence-corrected chi connectivity index (χ2v) is 8.70. The molecule has 1 atom stereocenters. The van der Waals surface area contributed by atoms with Crippen molar-refractivity contribution in [2.24, 2.45) is 0 Å². The van der Waals surface area contributed by atoms with Crippen LogP contribution in [0.2, 0.25) is 5.02 Å². The summed E-state index contributed by atoms with van der Waals surface area (Å²) in [5, 5.41) is 4.77. The number of nitrogens with zero attached hydrogens (tertiary/aromatic N) is 3. The van der Waals surface area contributed by atoms with Gasteiger partial charge in [-0.2, -0.15) is 0 Å². The van der Waals surface area contributed by atoms with Crippen LogP contribution in [0.5, 0.6) is 0 Å². The lowest BCUT2D eigenvalue weighted by atomic mass is 10.1. The minimum absolute atomic E-state index is 0.0184. The molecule has 0 fully saturated rings. The van der Waals surface area contributed by atoms with Gasteiger partial charge >= 0.3 is 0 Å². The van der Waals surface area contributed by atoms with Gasteiger partial charge in [-0.25, -0.2) is 9.55 Å². The van der Waals surface area contributed by atoms with Gasteiger partial charge in [0.1, 0.15) is 4.83 Å². The maximum absolute atomic E-state index is 13.6. The van der Waals surface area contributed by atoms with Gasteiger partial charge in [-0.3, -0.25) is 4.79 Å². The summed E-state index contributed by atoms with van der Waals surface area (Å²) in [6.45, 7) is 6.04. The number of hydrogen-bond donors (Lipinski definition) is 1. The van der Waals surface area contributed by atoms with Crippen molar-refractivity contribution in [2.45, 2.75) is 39.3 Å². The first-order valence-electron chi connectivity index (χ1n) is 9.26. The molecule has 0 saturated heterocycles. The molecule has 2 aromatic heterocycles. The van der Waals surface area contributed by atoms with E-state index in [4.69, 9.17) is 16.6 Å². The third kappa shape index (κ3) is 3.37. The first-order chi connectivity index (χ1) is 13.0. The van der Waals surface area contributed by atoms with E-state index in [1.807, 2.05) is 24.3 Å². The van der Waals surface area contributed by atoms with Gasteiger partial charge in [-0.05, 0) is 50.6 Å². The van der Waals surface area contributed by atoms with Crippen molar-refractivity contribution in [3.63, 3.8) is 0 Å². The van der Waals surface area contributed by atoms with Gasteiger partial charge in [0.25, 0.3) is 5.56 Å². The Morgan fingerprint density at radius 3 is 2.96 bits per heavy atom. The molecule has 1 aliphatic rings. The molecule has 3 aromatic rings. The fourth-order valence-corrected chi connectivity index (χ4v) is 4.92. The minimum atomic E-state index is -0.0184. The molecule has 5 nitrogen and oxygen atoms in total. The number of anilines is 1. The van der Waals surface area contributed by atoms with Crippen molar-refractivity contribution >= 4 is 39.1 Å². The van der Waals surface area contributed by atoms with Crippen molar-refractivity contribution in [2.75, 3.05) is 18.9 Å². The van der Waals surface area contributed by atoms with Crippen LogP contribution in [0.1, 0.15) is 30.7 Å². The predicted molar refractivity (Wildman–Crippen MR) is 114 cm³/mol. The third-order valence-corrected chi connectivity index (χ3v) is 6.47. The summed E-state index contributed by atoms with van der Waals surface area (Å²) in [5.41, 5.74) is 1.88. The number of hydrogen-bond acceptors (Lipinski definition) is 5. The second kappa shape index (κ2) is 7.26. The molecule has 27 heavy (non-hydrogen) atoms. The molecule has 3 heterocycles. The molecule has 1 aromatic carbocycles. The molecule has 0 radical (unpaired) electrons. The standard InChI is InChI=1S/C20H23ClN4OS/c1-4-12(2)22-20-23-18-17(15-8-9-24(3)11-16(15)27-18)19(26)25(20)14-7-5-6-13(21)10-14/h5-7,10,12H,4,8-9,11H2,1-3H3,(H,22,23)/t12-/m1/s1. The number of thiophene rings is 1. The summed E-state index contributed by atoms with van der Waals surface area (Å²) in [6, 6.07) is 7.59. The molecule has 0 bridgehead atoms. The Morgan fingerprint density at radius 1 is 1.41 bits per heavy atom. The van der Waals surface area contributed by atoms with Crippen LogP contribution in [0.15, 0.2) is 29.1 Å². The zero-order chi connectivity index (χ0) is 19.1. The molecule has 0 aliphatic carbocycles. The highest BCUT2D eigenvalue weighted by atomic mass is 35.5. The monoisotopic (exact) mass is 402 g/mol. The van der Waals surface area contributed by atoms with Crippen molar-refractivity contribution < 1.29 is 0 Å². The number of nitrogens with one attached hydrogen (secondary N) is 1. The Bertz CT molecular complexity index is 1060. The van der Waals surface area contributed by atoms with Crippen LogP contribution in [0.25, 0.3) is 15.9 Å². The highest BCUT2D eigenvalue weighted by Gasteiger charge is 2.24. The Morgan fingerprint density at radius 2 is 2.22 bits per heavy atom. The first-order valence-corrected chi connectivity index (χ1v) is 10.5. The SMILES string of the molecule is CC[C@@H](C)Nc1nc2sc3c(c2c(=O)n1-c1cccc(Cl)c1)CCN(C)C3. The largest absolute Gasteiger partial charge is 0.353 e. The maximum atomic E-state index is 13.6. The number of halogens is 1. The third-order valence-electron chi connectivity index (χ3n) is 5.12. The van der Waals surface area contributed by atoms with Crippen molar-refractivity contribution in [3.05, 3.63) is 50.1 Å². The second-order valence-electron chi connectivity index (χ2n) is 7.18. The average Bonchev–Trinajstić information content (AvgIpc) is 2.99. The zero-order valence-electron chi connectivity index (χ0n) is 15.8. The van der Waals surface area contributed by atoms with Gasteiger partial charge in [0.05, 0.1) is 11.1 Å². The van der Waals surface area contributed by atoms with Crippen LogP contribution >= 0.6 is 22.9 Å². The van der Waals surface area contributed by atoms with Gasteiger partial charge in [0.15, 0.2) is 0 Å². The molecule has 142 valence electrons. The number of likely N-dealkylation sites (N-methyl/N-ethyl adjacent to an activating group) is 1. The number of fused-ring (bicyclic) bond motifs is 3. The topological polar surface area (TPSA) is 50.2 Å². The van der Waals surface area contributed by atoms with Gasteiger partial charge in [-0.1, -0.05) is 24.6 Å². The van der Waals surface area contributed by atoms with Crippen molar-refractivity contribution in [1.29, 1.82) is 0 Å². The Kier molecular flexibility index (Phi) is 4.97. The van der Waals surface area contributed by atoms with E-state index >= 15 is 0 Å². The zero-order valence-corrected chi connectivity index (χ0v) is 17.3. The lowest BCUT2D eigenvalue weighted by Crippen LogP contribution is -2.28. The quantitative estimate of drug-likeness (QED) is 0.706. The van der Waals surface area contributed by atoms with E-state index in [2.05, 4.69) is 31.1 Å². The van der Waals surface area contributed by atoms with E-state index in [1.54, 1.807) is 15.9 Å². The number of benzene rings is 1. The van der Waals surface area contributed by atoms with E-state index in [-0.39, 0.29) is 11.6 Å². The molecule has 1 aliphatic heterocycles. The molecule has 0 unspecified atom stereocenters. The van der Waals surface area contributed by atoms with E-state index in [0.717, 1.165) is 47.4 Å². The summed E-state index contributed by atoms with van der Waals surface area (Å²) in [7, 11) is 2.11. The lowest BCUT2D eigenvalue weighted by Gasteiger charge is -2.22. The average molecular weight is 403 g/mol. The van der Waals surface area contributed by atoms with Gasteiger partial charge < -0.3 is 10.2 Å². The number of rotatable bonds is 4. The summed E-state index contributed by atoms with van der Waals surface area (Å²) in [6.07, 6.45) is 1.83. The highest BCUT2D eigenvalue weighted by Crippen LogP contribution is 2.33. The van der Waals surface area contributed by atoms with Crippen molar-refractivity contribution in [1.82, 2.24) is 14.5 Å². The molecule has 4 rings (SSSR count). The predicted octanol–water partition coefficient (Wildman–Crippen LogP) is 4.30. The van der Waals surface area contributed by atoms with E-state index in [9.17, 15) is 4.79 Å². The summed E-state index contributed by atoms with van der Waals surface area (Å²) < 4.78 is 1.67. The number of aromatic nitrogens is 2. The highest BCUT2D eigenvalue weighted by molar-refractivity contribution is 7.18. The van der Waals surface area contributed by atoms with Crippen LogP contribution in [0.4, 0.5) is 5.95 Å². The Hall–Kier alpha value is -1.89. The minimum Gasteiger partial charge on any atom is -0.353 e. The van der Waals surface area contributed by atoms with Gasteiger partial charge in [-0.15, -0.1) is 11.3 Å². The van der Waals surface area contributed by atoms with Gasteiger partial charge in [0.2, 0.25) is 5.95 Å². The normalized spacial score (nSPS) is 15.7. The van der Waals surface area contributed by atoms with Crippen LogP contribution in [0, 0.1) is 0 Å². The lowest BCUT2D eigenvalue weighted by molar-refractivity contribution is 0.318. The summed E-state index contributed by atoms with van der Waals surface area (Å²) in [5.74, 6) is 0.580. The van der Waals surface area contributed by atoms with E-state index < -0.39 is 0 Å². The summed E-state index contributed by atoms with van der Waals surface area (Å²) in [4.78, 5) is 22.8. The fraction of sp³-hybridized carbons (Fsp3) is 0.400.